The van der Waals surface area contributed by atoms with Gasteiger partial charge in [-0.1, -0.05) is 23.8 Å². The van der Waals surface area contributed by atoms with Gasteiger partial charge in [-0.2, -0.15) is 0 Å². The third-order valence-electron chi connectivity index (χ3n) is 1.92. The van der Waals surface area contributed by atoms with E-state index in [-0.39, 0.29) is 5.75 Å². The third kappa shape index (κ3) is 3.05. The van der Waals surface area contributed by atoms with E-state index in [9.17, 15) is 5.11 Å². The maximum absolute atomic E-state index is 9.54. The molecular formula is C12H15NO. The van der Waals surface area contributed by atoms with Gasteiger partial charge in [0.1, 0.15) is 5.75 Å². The van der Waals surface area contributed by atoms with E-state index in [1.807, 2.05) is 38.1 Å². The van der Waals surface area contributed by atoms with Gasteiger partial charge in [-0.25, -0.2) is 0 Å². The highest BCUT2D eigenvalue weighted by molar-refractivity contribution is 5.23. The van der Waals surface area contributed by atoms with Crippen LogP contribution in [0, 0.1) is 20.8 Å². The fraction of sp³-hybridized carbons (Fsp3) is 0.250. The number of nitrogens with zero attached hydrogens (tertiary/aromatic N) is 1. The second-order valence-electron chi connectivity index (χ2n) is 3.33. The van der Waals surface area contributed by atoms with Crippen molar-refractivity contribution in [2.45, 2.75) is 20.8 Å². The molecule has 0 aliphatic rings. The molecular weight excluding hydrogens is 174 g/mol. The molecule has 0 radical (unpaired) electrons. The van der Waals surface area contributed by atoms with Gasteiger partial charge in [-0.3, -0.25) is 4.98 Å². The van der Waals surface area contributed by atoms with Crippen molar-refractivity contribution in [2.24, 2.45) is 0 Å². The first kappa shape index (κ1) is 10.5. The van der Waals surface area contributed by atoms with Crippen LogP contribution < -0.4 is 0 Å². The van der Waals surface area contributed by atoms with E-state index >= 15 is 0 Å². The van der Waals surface area contributed by atoms with E-state index < -0.39 is 0 Å². The Bertz CT molecular complexity index is 384. The lowest BCUT2D eigenvalue weighted by atomic mass is 10.2. The van der Waals surface area contributed by atoms with E-state index in [2.05, 4.69) is 4.98 Å². The number of hydrogen-bond donors (Lipinski definition) is 1. The van der Waals surface area contributed by atoms with Gasteiger partial charge < -0.3 is 5.11 Å². The molecule has 0 aliphatic carbocycles. The Kier molecular flexibility index (Phi) is 3.46. The first-order chi connectivity index (χ1) is 6.59. The summed E-state index contributed by atoms with van der Waals surface area (Å²) in [5.74, 6) is 0.212. The van der Waals surface area contributed by atoms with Crippen LogP contribution in [0.15, 0.2) is 30.3 Å². The Hall–Kier alpha value is -1.57. The smallest absolute Gasteiger partial charge is 0.136 e. The molecule has 0 bridgehead atoms. The highest BCUT2D eigenvalue weighted by atomic mass is 16.3. The number of aromatic nitrogens is 1. The van der Waals surface area contributed by atoms with Crippen molar-refractivity contribution in [1.82, 2.24) is 4.98 Å². The second kappa shape index (κ2) is 4.61. The van der Waals surface area contributed by atoms with Gasteiger partial charge in [0.25, 0.3) is 0 Å². The molecule has 0 fully saturated rings. The van der Waals surface area contributed by atoms with Gasteiger partial charge >= 0.3 is 0 Å². The molecule has 1 heterocycles. The summed E-state index contributed by atoms with van der Waals surface area (Å²) in [5.41, 5.74) is 2.65. The van der Waals surface area contributed by atoms with Gasteiger partial charge in [0.15, 0.2) is 0 Å². The Morgan fingerprint density at radius 3 is 2.43 bits per heavy atom. The van der Waals surface area contributed by atoms with Crippen LogP contribution in [-0.4, -0.2) is 10.1 Å². The van der Waals surface area contributed by atoms with Crippen molar-refractivity contribution in [3.63, 3.8) is 0 Å². The summed E-state index contributed by atoms with van der Waals surface area (Å²) < 4.78 is 0. The normalized spacial score (nSPS) is 9.36. The van der Waals surface area contributed by atoms with Gasteiger partial charge in [-0.05, 0) is 32.9 Å². The zero-order valence-electron chi connectivity index (χ0n) is 8.78. The van der Waals surface area contributed by atoms with Crippen LogP contribution in [-0.2, 0) is 0 Å². The van der Waals surface area contributed by atoms with Crippen molar-refractivity contribution in [1.29, 1.82) is 0 Å². The van der Waals surface area contributed by atoms with Gasteiger partial charge in [0.05, 0.1) is 5.69 Å². The molecule has 1 N–H and O–H groups in total. The topological polar surface area (TPSA) is 33.1 Å². The highest BCUT2D eigenvalue weighted by Gasteiger charge is 1.90. The van der Waals surface area contributed by atoms with Crippen LogP contribution in [0.5, 0.6) is 5.75 Å². The van der Waals surface area contributed by atoms with Crippen LogP contribution >= 0.6 is 0 Å². The Balaban J connectivity index is 3.44. The van der Waals surface area contributed by atoms with Crippen molar-refractivity contribution in [2.75, 3.05) is 0 Å². The van der Waals surface area contributed by atoms with Crippen LogP contribution in [0.1, 0.15) is 17.0 Å². The molecule has 0 atom stereocenters. The predicted molar refractivity (Wildman–Crippen MR) is 57.7 cm³/mol. The average molecular weight is 189 g/mol. The van der Waals surface area contributed by atoms with Gasteiger partial charge in [0, 0.05) is 5.69 Å². The van der Waals surface area contributed by atoms with Crippen molar-refractivity contribution in [3.05, 3.63) is 47.3 Å². The summed E-state index contributed by atoms with van der Waals surface area (Å²) in [6.45, 7) is 5.70. The molecule has 1 rings (SSSR count). The largest absolute Gasteiger partial charge is 0.506 e. The fourth-order valence-electron chi connectivity index (χ4n) is 1.08. The molecule has 0 amide bonds. The zero-order valence-corrected chi connectivity index (χ0v) is 8.78. The summed E-state index contributed by atoms with van der Waals surface area (Å²) in [6.07, 6.45) is 0. The molecule has 0 aromatic carbocycles. The third-order valence-corrected chi connectivity index (χ3v) is 1.92. The lowest BCUT2D eigenvalue weighted by molar-refractivity contribution is 0.468. The number of aromatic hydroxyl groups is 1. The van der Waals surface area contributed by atoms with Crippen molar-refractivity contribution < 1.29 is 5.11 Å². The molecule has 2 heteroatoms. The summed E-state index contributed by atoms with van der Waals surface area (Å²) in [6, 6.07) is 9.34. The maximum Gasteiger partial charge on any atom is 0.136 e. The van der Waals surface area contributed by atoms with E-state index in [4.69, 9.17) is 0 Å². The maximum atomic E-state index is 9.54. The molecule has 0 spiro atoms. The molecule has 0 saturated carbocycles. The number of rotatable bonds is 0. The minimum atomic E-state index is 0.212. The molecule has 0 unspecified atom stereocenters. The molecule has 0 aliphatic heterocycles. The molecule has 14 heavy (non-hydrogen) atoms. The monoisotopic (exact) mass is 189 g/mol. The first-order valence-electron chi connectivity index (χ1n) is 4.58. The lowest BCUT2D eigenvalue weighted by Crippen LogP contribution is -1.81. The van der Waals surface area contributed by atoms with E-state index in [1.165, 1.54) is 0 Å². The zero-order chi connectivity index (χ0) is 10.6. The predicted octanol–water partition coefficient (Wildman–Crippen LogP) is 2.84. The first-order valence-corrected chi connectivity index (χ1v) is 4.58. The summed E-state index contributed by atoms with van der Waals surface area (Å²) >= 11 is 0. The van der Waals surface area contributed by atoms with E-state index in [1.54, 1.807) is 13.0 Å². The number of aryl methyl sites for hydroxylation is 3. The van der Waals surface area contributed by atoms with Gasteiger partial charge in [0.2, 0.25) is 0 Å². The number of hydrogen-bond acceptors (Lipinski definition) is 2. The average Bonchev–Trinajstić information content (AvgIpc) is 2.13. The Labute approximate surface area is 84.6 Å². The Morgan fingerprint density at radius 2 is 1.71 bits per heavy atom. The molecule has 1 aromatic heterocycles. The fourth-order valence-corrected chi connectivity index (χ4v) is 1.08. The van der Waals surface area contributed by atoms with Crippen molar-refractivity contribution in [3.8, 4) is 5.75 Å². The summed E-state index contributed by atoms with van der Waals surface area (Å²) in [4.78, 5) is 4.23. The highest BCUT2D eigenvalue weighted by Crippen LogP contribution is 2.09. The van der Waals surface area contributed by atoms with Crippen LogP contribution in [0.4, 0.5) is 0 Å². The van der Waals surface area contributed by atoms with Crippen molar-refractivity contribution >= 4 is 0 Å². The van der Waals surface area contributed by atoms with Crippen LogP contribution in [0.25, 0.3) is 0 Å². The van der Waals surface area contributed by atoms with Crippen LogP contribution in [0.3, 0.4) is 0 Å². The molecule has 0 saturated heterocycles. The van der Waals surface area contributed by atoms with Gasteiger partial charge in [-0.15, -0.1) is 0 Å². The van der Waals surface area contributed by atoms with Crippen LogP contribution in [0.2, 0.25) is 0 Å². The van der Waals surface area contributed by atoms with E-state index in [0.717, 1.165) is 11.3 Å². The molecule has 74 valence electrons. The van der Waals surface area contributed by atoms with E-state index in [0.29, 0.717) is 5.69 Å². The standard InChI is InChI=1S/C12H15NO/c1-9-5-4-6-12(14)11(3)13-10(2)8-7-9/h4-8,14H,1-3H3. The SMILES string of the molecule is Cc1cccc(O)c(C)nc(C)cc1. The quantitative estimate of drug-likeness (QED) is 0.680. The summed E-state index contributed by atoms with van der Waals surface area (Å²) in [7, 11) is 0. The molecule has 1 aromatic rings. The molecule has 2 nitrogen and oxygen atoms in total. The second-order valence-corrected chi connectivity index (χ2v) is 3.33. The Morgan fingerprint density at radius 1 is 1.00 bits per heavy atom. The lowest BCUT2D eigenvalue weighted by Gasteiger charge is -1.93. The summed E-state index contributed by atoms with van der Waals surface area (Å²) in [5, 5.41) is 9.54. The minimum Gasteiger partial charge on any atom is -0.506 e. The minimum absolute atomic E-state index is 0.212.